The normalized spacial score (nSPS) is 13.4. The molecule has 2 amide bonds. The lowest BCUT2D eigenvalue weighted by molar-refractivity contribution is -0.122. The van der Waals surface area contributed by atoms with Crippen molar-refractivity contribution < 1.29 is 33.3 Å². The number of amides is 2. The summed E-state index contributed by atoms with van der Waals surface area (Å²) < 4.78 is 33.9. The third kappa shape index (κ3) is 7.33. The molecule has 1 aliphatic rings. The van der Waals surface area contributed by atoms with E-state index in [-0.39, 0.29) is 54.9 Å². The Morgan fingerprint density at radius 2 is 1.55 bits per heavy atom. The van der Waals surface area contributed by atoms with E-state index in [4.69, 9.17) is 16.3 Å². The Hall–Kier alpha value is -3.80. The van der Waals surface area contributed by atoms with Gasteiger partial charge >= 0.3 is 0 Å². The first kappa shape index (κ1) is 31.1. The van der Waals surface area contributed by atoms with Crippen LogP contribution >= 0.6 is 11.6 Å². The second kappa shape index (κ2) is 11.8. The van der Waals surface area contributed by atoms with E-state index in [1.807, 2.05) is 0 Å². The van der Waals surface area contributed by atoms with Crippen LogP contribution in [0.5, 0.6) is 5.75 Å². The minimum absolute atomic E-state index is 0.0277. The van der Waals surface area contributed by atoms with Gasteiger partial charge in [-0.25, -0.2) is 8.78 Å². The Labute approximate surface area is 246 Å². The number of carbonyl (C=O) groups excluding carboxylic acids is 2. The maximum Gasteiger partial charge on any atom is 0.273 e. The van der Waals surface area contributed by atoms with Crippen molar-refractivity contribution in [2.45, 2.75) is 64.9 Å². The van der Waals surface area contributed by atoms with Crippen molar-refractivity contribution in [3.05, 3.63) is 86.8 Å². The molecule has 0 bridgehead atoms. The molecule has 0 radical (unpaired) electrons. The molecule has 0 unspecified atom stereocenters. The number of aromatic nitrogens is 1. The van der Waals surface area contributed by atoms with Crippen molar-refractivity contribution in [3.63, 3.8) is 0 Å². The summed E-state index contributed by atoms with van der Waals surface area (Å²) in [4.78, 5) is 42.0. The molecule has 2 N–H and O–H groups in total. The van der Waals surface area contributed by atoms with Gasteiger partial charge in [0.25, 0.3) is 5.56 Å². The standard InChI is InChI=1S/C30H32ClF2N3O6/c1-29(2,40)13-25(37)35-17-36(26(38)14-30(3,4)41)23-11-18(5-8-22(23)35)15-34-10-9-24(27(31)28(34)39)42-16-19-6-7-20(32)12-21(19)33/h5-12,40-41H,13-17H2,1-4H3. The van der Waals surface area contributed by atoms with Gasteiger partial charge in [-0.05, 0) is 63.6 Å². The predicted octanol–water partition coefficient (Wildman–Crippen LogP) is 4.37. The van der Waals surface area contributed by atoms with Crippen LogP contribution in [0.1, 0.15) is 51.7 Å². The summed E-state index contributed by atoms with van der Waals surface area (Å²) in [6, 6.07) is 9.56. The van der Waals surface area contributed by atoms with Crippen molar-refractivity contribution in [1.29, 1.82) is 0 Å². The molecule has 1 aliphatic heterocycles. The molecule has 42 heavy (non-hydrogen) atoms. The number of fused-ring (bicyclic) bond motifs is 1. The largest absolute Gasteiger partial charge is 0.487 e. The lowest BCUT2D eigenvalue weighted by Gasteiger charge is -2.24. The topological polar surface area (TPSA) is 112 Å². The van der Waals surface area contributed by atoms with E-state index in [0.717, 1.165) is 12.1 Å². The molecule has 1 aromatic heterocycles. The van der Waals surface area contributed by atoms with Gasteiger partial charge in [0.1, 0.15) is 35.7 Å². The molecule has 2 aromatic carbocycles. The van der Waals surface area contributed by atoms with Gasteiger partial charge in [-0.15, -0.1) is 0 Å². The van der Waals surface area contributed by atoms with Crippen LogP contribution in [0.15, 0.2) is 53.5 Å². The summed E-state index contributed by atoms with van der Waals surface area (Å²) in [7, 11) is 0. The number of halogens is 3. The fraction of sp³-hybridized carbons (Fsp3) is 0.367. The molecule has 2 heterocycles. The fourth-order valence-corrected chi connectivity index (χ4v) is 4.75. The predicted molar refractivity (Wildman–Crippen MR) is 154 cm³/mol. The van der Waals surface area contributed by atoms with E-state index in [9.17, 15) is 33.4 Å². The van der Waals surface area contributed by atoms with Gasteiger partial charge in [0.05, 0.1) is 42.0 Å². The number of ether oxygens (including phenoxy) is 1. The van der Waals surface area contributed by atoms with Gasteiger partial charge in [-0.3, -0.25) is 24.2 Å². The highest BCUT2D eigenvalue weighted by Gasteiger charge is 2.36. The van der Waals surface area contributed by atoms with Crippen LogP contribution in [0.3, 0.4) is 0 Å². The van der Waals surface area contributed by atoms with Crippen LogP contribution in [-0.4, -0.2) is 44.5 Å². The highest BCUT2D eigenvalue weighted by molar-refractivity contribution is 6.31. The Bertz CT molecular complexity index is 1580. The number of pyridine rings is 1. The maximum absolute atomic E-state index is 13.9. The zero-order valence-electron chi connectivity index (χ0n) is 23.7. The molecule has 0 saturated carbocycles. The van der Waals surface area contributed by atoms with E-state index in [1.165, 1.54) is 60.4 Å². The highest BCUT2D eigenvalue weighted by Crippen LogP contribution is 2.38. The minimum atomic E-state index is -1.28. The van der Waals surface area contributed by atoms with E-state index < -0.39 is 34.3 Å². The van der Waals surface area contributed by atoms with Gasteiger partial charge in [-0.2, -0.15) is 0 Å². The number of carbonyl (C=O) groups is 2. The molecular weight excluding hydrogens is 572 g/mol. The molecule has 0 fully saturated rings. The SMILES string of the molecule is CC(C)(O)CC(=O)N1CN(C(=O)CC(C)(C)O)c2cc(Cn3ccc(OCc4ccc(F)cc4F)c(Cl)c3=O)ccc21. The molecule has 224 valence electrons. The first-order valence-electron chi connectivity index (χ1n) is 13.2. The van der Waals surface area contributed by atoms with E-state index in [1.54, 1.807) is 18.2 Å². The first-order valence-corrected chi connectivity index (χ1v) is 13.5. The van der Waals surface area contributed by atoms with Crippen LogP contribution in [0, 0.1) is 11.6 Å². The van der Waals surface area contributed by atoms with Gasteiger partial charge in [0.15, 0.2) is 0 Å². The molecule has 4 rings (SSSR count). The summed E-state index contributed by atoms with van der Waals surface area (Å²) >= 11 is 6.27. The minimum Gasteiger partial charge on any atom is -0.487 e. The molecular formula is C30H32ClF2N3O6. The van der Waals surface area contributed by atoms with Crippen LogP contribution in [0.2, 0.25) is 5.02 Å². The van der Waals surface area contributed by atoms with E-state index >= 15 is 0 Å². The highest BCUT2D eigenvalue weighted by atomic mass is 35.5. The second-order valence-electron chi connectivity index (χ2n) is 11.5. The average Bonchev–Trinajstić information content (AvgIpc) is 3.25. The Balaban J connectivity index is 1.59. The second-order valence-corrected chi connectivity index (χ2v) is 11.9. The van der Waals surface area contributed by atoms with E-state index in [0.29, 0.717) is 16.9 Å². The molecule has 0 aliphatic carbocycles. The van der Waals surface area contributed by atoms with Gasteiger partial charge in [0.2, 0.25) is 11.8 Å². The Morgan fingerprint density at radius 1 is 0.929 bits per heavy atom. The quantitative estimate of drug-likeness (QED) is 0.376. The van der Waals surface area contributed by atoms with Gasteiger partial charge < -0.3 is 19.5 Å². The summed E-state index contributed by atoms with van der Waals surface area (Å²) in [5.74, 6) is -2.26. The molecule has 0 atom stereocenters. The van der Waals surface area contributed by atoms with Crippen LogP contribution in [0.4, 0.5) is 20.2 Å². The van der Waals surface area contributed by atoms with Gasteiger partial charge in [0, 0.05) is 17.8 Å². The van der Waals surface area contributed by atoms with Crippen molar-refractivity contribution in [2.75, 3.05) is 16.5 Å². The van der Waals surface area contributed by atoms with Crippen LogP contribution < -0.4 is 20.1 Å². The number of nitrogens with zero attached hydrogens (tertiary/aromatic N) is 3. The Kier molecular flexibility index (Phi) is 8.77. The first-order chi connectivity index (χ1) is 19.5. The van der Waals surface area contributed by atoms with Crippen molar-refractivity contribution in [2.24, 2.45) is 0 Å². The lowest BCUT2D eigenvalue weighted by Crippen LogP contribution is -2.42. The maximum atomic E-state index is 13.9. The summed E-state index contributed by atoms with van der Waals surface area (Å²) in [5, 5.41) is 20.2. The summed E-state index contributed by atoms with van der Waals surface area (Å²) in [6.45, 7) is 5.76. The molecule has 0 saturated heterocycles. The number of rotatable bonds is 9. The lowest BCUT2D eigenvalue weighted by atomic mass is 10.0. The van der Waals surface area contributed by atoms with Crippen LogP contribution in [-0.2, 0) is 22.7 Å². The number of benzene rings is 2. The number of aliphatic hydroxyl groups is 2. The average molecular weight is 604 g/mol. The monoisotopic (exact) mass is 603 g/mol. The third-order valence-corrected chi connectivity index (χ3v) is 6.84. The zero-order chi connectivity index (χ0) is 31.0. The van der Waals surface area contributed by atoms with Crippen LogP contribution in [0.25, 0.3) is 0 Å². The van der Waals surface area contributed by atoms with Crippen molar-refractivity contribution in [1.82, 2.24) is 4.57 Å². The Morgan fingerprint density at radius 3 is 2.14 bits per heavy atom. The smallest absolute Gasteiger partial charge is 0.273 e. The van der Waals surface area contributed by atoms with Crippen molar-refractivity contribution >= 4 is 34.8 Å². The van der Waals surface area contributed by atoms with Crippen molar-refractivity contribution in [3.8, 4) is 5.75 Å². The number of anilines is 2. The molecule has 0 spiro atoms. The fourth-order valence-electron chi connectivity index (χ4n) is 4.52. The molecule has 12 heteroatoms. The molecule has 3 aromatic rings. The number of hydrogen-bond acceptors (Lipinski definition) is 6. The van der Waals surface area contributed by atoms with Gasteiger partial charge in [-0.1, -0.05) is 17.7 Å². The molecule has 9 nitrogen and oxygen atoms in total. The third-order valence-electron chi connectivity index (χ3n) is 6.50. The zero-order valence-corrected chi connectivity index (χ0v) is 24.4. The number of hydrogen-bond donors (Lipinski definition) is 2. The van der Waals surface area contributed by atoms with E-state index in [2.05, 4.69) is 0 Å². The summed E-state index contributed by atoms with van der Waals surface area (Å²) in [5.41, 5.74) is -1.53. The summed E-state index contributed by atoms with van der Waals surface area (Å²) in [6.07, 6.45) is 1.09.